The van der Waals surface area contributed by atoms with Crippen LogP contribution in [-0.2, 0) is 11.2 Å². The summed E-state index contributed by atoms with van der Waals surface area (Å²) >= 11 is 0. The number of rotatable bonds is 4. The topological polar surface area (TPSA) is 96.9 Å². The molecule has 1 rings (SSSR count). The largest absolute Gasteiger partial charge is 0.450 e. The normalized spacial score (nSPS) is 11.0. The van der Waals surface area contributed by atoms with Crippen LogP contribution >= 0.6 is 0 Å². The number of hydrogen-bond acceptors (Lipinski definition) is 4. The molecule has 1 aromatic rings. The molecule has 6 heteroatoms. The van der Waals surface area contributed by atoms with Crippen LogP contribution in [0.5, 0.6) is 0 Å². The van der Waals surface area contributed by atoms with Gasteiger partial charge in [-0.15, -0.1) is 0 Å². The molecule has 0 fully saturated rings. The van der Waals surface area contributed by atoms with Gasteiger partial charge in [0.1, 0.15) is 5.84 Å². The van der Waals surface area contributed by atoms with Gasteiger partial charge < -0.3 is 15.7 Å². The van der Waals surface area contributed by atoms with Crippen LogP contribution in [0.15, 0.2) is 29.4 Å². The molecule has 17 heavy (non-hydrogen) atoms. The minimum atomic E-state index is -0.489. The number of oxime groups is 1. The summed E-state index contributed by atoms with van der Waals surface area (Å²) in [6, 6.07) is 6.99. The van der Waals surface area contributed by atoms with Gasteiger partial charge in [-0.2, -0.15) is 0 Å². The maximum absolute atomic E-state index is 11.1. The van der Waals surface area contributed by atoms with E-state index >= 15 is 0 Å². The highest BCUT2D eigenvalue weighted by atomic mass is 16.5. The Morgan fingerprint density at radius 3 is 2.65 bits per heavy atom. The SMILES string of the molecule is CCOC(=O)Nc1ccc(CC(N)=NO)cc1. The number of nitrogens with one attached hydrogen (secondary N) is 1. The van der Waals surface area contributed by atoms with E-state index in [4.69, 9.17) is 15.7 Å². The zero-order valence-electron chi connectivity index (χ0n) is 9.51. The third-order valence-electron chi connectivity index (χ3n) is 1.99. The van der Waals surface area contributed by atoms with E-state index < -0.39 is 6.09 Å². The van der Waals surface area contributed by atoms with Gasteiger partial charge in [0, 0.05) is 12.1 Å². The predicted molar refractivity (Wildman–Crippen MR) is 64.2 cm³/mol. The number of benzene rings is 1. The average molecular weight is 237 g/mol. The highest BCUT2D eigenvalue weighted by molar-refractivity contribution is 5.85. The number of amidine groups is 1. The third-order valence-corrected chi connectivity index (χ3v) is 1.99. The molecular formula is C11H15N3O3. The first kappa shape index (κ1) is 12.8. The van der Waals surface area contributed by atoms with E-state index in [0.717, 1.165) is 5.56 Å². The van der Waals surface area contributed by atoms with Crippen LogP contribution in [0.4, 0.5) is 10.5 Å². The van der Waals surface area contributed by atoms with Gasteiger partial charge >= 0.3 is 6.09 Å². The number of ether oxygens (including phenoxy) is 1. The summed E-state index contributed by atoms with van der Waals surface area (Å²) < 4.78 is 4.74. The standard InChI is InChI=1S/C11H15N3O3/c1-2-17-11(15)13-9-5-3-8(4-6-9)7-10(12)14-16/h3-6,16H,2,7H2,1H3,(H2,12,14)(H,13,15). The minimum absolute atomic E-state index is 0.135. The molecule has 0 bridgehead atoms. The summed E-state index contributed by atoms with van der Waals surface area (Å²) in [5, 5.41) is 13.9. The van der Waals surface area contributed by atoms with Crippen LogP contribution in [0.2, 0.25) is 0 Å². The molecule has 6 nitrogen and oxygen atoms in total. The van der Waals surface area contributed by atoms with Crippen LogP contribution in [0.25, 0.3) is 0 Å². The molecule has 0 saturated heterocycles. The maximum atomic E-state index is 11.1. The second-order valence-electron chi connectivity index (χ2n) is 3.31. The van der Waals surface area contributed by atoms with Crippen molar-refractivity contribution in [3.05, 3.63) is 29.8 Å². The fourth-order valence-electron chi connectivity index (χ4n) is 1.24. The molecule has 92 valence electrons. The Morgan fingerprint density at radius 2 is 2.12 bits per heavy atom. The van der Waals surface area contributed by atoms with Gasteiger partial charge in [0.2, 0.25) is 0 Å². The molecule has 1 amide bonds. The molecule has 1 aromatic carbocycles. The third kappa shape index (κ3) is 4.42. The first-order valence-corrected chi connectivity index (χ1v) is 5.14. The van der Waals surface area contributed by atoms with E-state index in [2.05, 4.69) is 10.5 Å². The first-order valence-electron chi connectivity index (χ1n) is 5.14. The second-order valence-corrected chi connectivity index (χ2v) is 3.31. The van der Waals surface area contributed by atoms with Crippen molar-refractivity contribution in [2.24, 2.45) is 10.9 Å². The molecule has 0 aliphatic heterocycles. The quantitative estimate of drug-likeness (QED) is 0.320. The molecule has 0 heterocycles. The van der Waals surface area contributed by atoms with Crippen LogP contribution in [0.1, 0.15) is 12.5 Å². The molecule has 0 spiro atoms. The lowest BCUT2D eigenvalue weighted by Gasteiger charge is -2.06. The first-order chi connectivity index (χ1) is 8.15. The van der Waals surface area contributed by atoms with Crippen molar-refractivity contribution in [1.29, 1.82) is 0 Å². The van der Waals surface area contributed by atoms with E-state index in [1.807, 2.05) is 0 Å². The lowest BCUT2D eigenvalue weighted by Crippen LogP contribution is -2.15. The molecule has 0 saturated carbocycles. The monoisotopic (exact) mass is 237 g/mol. The Hall–Kier alpha value is -2.24. The van der Waals surface area contributed by atoms with E-state index in [-0.39, 0.29) is 5.84 Å². The van der Waals surface area contributed by atoms with E-state index in [1.54, 1.807) is 31.2 Å². The number of carbonyl (C=O) groups excluding carboxylic acids is 1. The van der Waals surface area contributed by atoms with Crippen molar-refractivity contribution in [2.45, 2.75) is 13.3 Å². The van der Waals surface area contributed by atoms with Crippen molar-refractivity contribution in [2.75, 3.05) is 11.9 Å². The zero-order chi connectivity index (χ0) is 12.7. The van der Waals surface area contributed by atoms with Crippen LogP contribution < -0.4 is 11.1 Å². The van der Waals surface area contributed by atoms with Gasteiger partial charge in [0.15, 0.2) is 0 Å². The molecule has 0 aliphatic carbocycles. The maximum Gasteiger partial charge on any atom is 0.411 e. The number of hydrogen-bond donors (Lipinski definition) is 3. The van der Waals surface area contributed by atoms with Gasteiger partial charge in [0.25, 0.3) is 0 Å². The summed E-state index contributed by atoms with van der Waals surface area (Å²) in [5.41, 5.74) is 6.89. The van der Waals surface area contributed by atoms with E-state index in [9.17, 15) is 4.79 Å². The molecule has 0 radical (unpaired) electrons. The van der Waals surface area contributed by atoms with Crippen LogP contribution in [0.3, 0.4) is 0 Å². The number of anilines is 1. The molecule has 0 aromatic heterocycles. The van der Waals surface area contributed by atoms with E-state index in [1.165, 1.54) is 0 Å². The number of amides is 1. The summed E-state index contributed by atoms with van der Waals surface area (Å²) in [7, 11) is 0. The Labute approximate surface area is 99.1 Å². The fraction of sp³-hybridized carbons (Fsp3) is 0.273. The number of nitrogens with zero attached hydrogens (tertiary/aromatic N) is 1. The predicted octanol–water partition coefficient (Wildman–Crippen LogP) is 1.54. The second kappa shape index (κ2) is 6.37. The van der Waals surface area contributed by atoms with Crippen LogP contribution in [-0.4, -0.2) is 23.7 Å². The summed E-state index contributed by atoms with van der Waals surface area (Å²) in [6.45, 7) is 2.06. The van der Waals surface area contributed by atoms with Crippen molar-refractivity contribution in [1.82, 2.24) is 0 Å². The summed E-state index contributed by atoms with van der Waals surface area (Å²) in [5.74, 6) is 0.135. The number of carbonyl (C=O) groups is 1. The highest BCUT2D eigenvalue weighted by Gasteiger charge is 2.02. The lowest BCUT2D eigenvalue weighted by molar-refractivity contribution is 0.168. The average Bonchev–Trinajstić information content (AvgIpc) is 2.32. The van der Waals surface area contributed by atoms with Crippen molar-refractivity contribution in [3.8, 4) is 0 Å². The fourth-order valence-corrected chi connectivity index (χ4v) is 1.24. The number of nitrogens with two attached hydrogens (primary N) is 1. The Balaban J connectivity index is 2.59. The molecular weight excluding hydrogens is 222 g/mol. The lowest BCUT2D eigenvalue weighted by atomic mass is 10.1. The minimum Gasteiger partial charge on any atom is -0.450 e. The Kier molecular flexibility index (Phi) is 4.80. The van der Waals surface area contributed by atoms with Gasteiger partial charge in [-0.1, -0.05) is 17.3 Å². The van der Waals surface area contributed by atoms with Crippen LogP contribution in [0, 0.1) is 0 Å². The Morgan fingerprint density at radius 1 is 1.47 bits per heavy atom. The highest BCUT2D eigenvalue weighted by Crippen LogP contribution is 2.10. The van der Waals surface area contributed by atoms with Crippen molar-refractivity contribution >= 4 is 17.6 Å². The van der Waals surface area contributed by atoms with E-state index in [0.29, 0.717) is 18.7 Å². The van der Waals surface area contributed by atoms with Gasteiger partial charge in [-0.3, -0.25) is 5.32 Å². The van der Waals surface area contributed by atoms with Gasteiger partial charge in [-0.25, -0.2) is 4.79 Å². The zero-order valence-corrected chi connectivity index (χ0v) is 9.51. The smallest absolute Gasteiger partial charge is 0.411 e. The summed E-state index contributed by atoms with van der Waals surface area (Å²) in [4.78, 5) is 11.1. The molecule has 0 atom stereocenters. The van der Waals surface area contributed by atoms with Gasteiger partial charge in [-0.05, 0) is 24.6 Å². The van der Waals surface area contributed by atoms with Crippen molar-refractivity contribution in [3.63, 3.8) is 0 Å². The molecule has 0 aliphatic rings. The molecule has 0 unspecified atom stereocenters. The van der Waals surface area contributed by atoms with Crippen molar-refractivity contribution < 1.29 is 14.7 Å². The van der Waals surface area contributed by atoms with Gasteiger partial charge in [0.05, 0.1) is 6.61 Å². The summed E-state index contributed by atoms with van der Waals surface area (Å²) in [6.07, 6.45) is -0.132. The molecule has 4 N–H and O–H groups in total. The Bertz CT molecular complexity index is 401.